The standard InChI is InChI=1S/C16H22N2OS.ClH/c17-8-7-12-4-3-9-18(11-12)16(19)15-10-13-5-1-2-6-14(13)20-15;/h1-2,5-6,12,15H,3-4,7-11,17H2;1H. The Morgan fingerprint density at radius 3 is 2.95 bits per heavy atom. The van der Waals surface area contributed by atoms with Gasteiger partial charge in [-0.1, -0.05) is 18.2 Å². The Balaban J connectivity index is 0.00000161. The summed E-state index contributed by atoms with van der Waals surface area (Å²) in [4.78, 5) is 16.0. The maximum atomic E-state index is 12.7. The Morgan fingerprint density at radius 2 is 2.19 bits per heavy atom. The highest BCUT2D eigenvalue weighted by molar-refractivity contribution is 8.01. The molecule has 0 aliphatic carbocycles. The summed E-state index contributed by atoms with van der Waals surface area (Å²) in [5.41, 5.74) is 6.98. The number of halogens is 1. The first kappa shape index (κ1) is 16.7. The largest absolute Gasteiger partial charge is 0.341 e. The minimum absolute atomic E-state index is 0. The third-order valence-electron chi connectivity index (χ3n) is 4.33. The third kappa shape index (κ3) is 3.74. The van der Waals surface area contributed by atoms with Crippen LogP contribution in [0.5, 0.6) is 0 Å². The minimum Gasteiger partial charge on any atom is -0.341 e. The molecule has 2 heterocycles. The summed E-state index contributed by atoms with van der Waals surface area (Å²) in [5, 5.41) is 0.0871. The van der Waals surface area contributed by atoms with E-state index in [1.165, 1.54) is 16.9 Å². The smallest absolute Gasteiger partial charge is 0.236 e. The monoisotopic (exact) mass is 326 g/mol. The number of piperidine rings is 1. The molecule has 21 heavy (non-hydrogen) atoms. The molecule has 0 bridgehead atoms. The molecule has 1 aromatic rings. The molecular weight excluding hydrogens is 304 g/mol. The number of benzene rings is 1. The molecule has 0 radical (unpaired) electrons. The van der Waals surface area contributed by atoms with Crippen LogP contribution in [-0.4, -0.2) is 35.7 Å². The first-order valence-corrected chi connectivity index (χ1v) is 8.39. The number of rotatable bonds is 3. The van der Waals surface area contributed by atoms with E-state index in [0.29, 0.717) is 11.8 Å². The van der Waals surface area contributed by atoms with Crippen LogP contribution >= 0.6 is 24.2 Å². The van der Waals surface area contributed by atoms with Crippen LogP contribution in [0.1, 0.15) is 24.8 Å². The van der Waals surface area contributed by atoms with E-state index < -0.39 is 0 Å². The van der Waals surface area contributed by atoms with Crippen molar-refractivity contribution in [3.05, 3.63) is 29.8 Å². The van der Waals surface area contributed by atoms with Gasteiger partial charge in [0.15, 0.2) is 0 Å². The van der Waals surface area contributed by atoms with Crippen molar-refractivity contribution in [2.45, 2.75) is 35.8 Å². The lowest BCUT2D eigenvalue weighted by Crippen LogP contribution is -2.44. The van der Waals surface area contributed by atoms with E-state index in [2.05, 4.69) is 29.2 Å². The molecule has 5 heteroatoms. The van der Waals surface area contributed by atoms with E-state index >= 15 is 0 Å². The average Bonchev–Trinajstić information content (AvgIpc) is 2.91. The predicted octanol–water partition coefficient (Wildman–Crippen LogP) is 2.71. The van der Waals surface area contributed by atoms with Gasteiger partial charge in [0.05, 0.1) is 5.25 Å². The number of carbonyl (C=O) groups is 1. The van der Waals surface area contributed by atoms with Crippen LogP contribution < -0.4 is 5.73 Å². The van der Waals surface area contributed by atoms with Crippen molar-refractivity contribution in [1.29, 1.82) is 0 Å². The summed E-state index contributed by atoms with van der Waals surface area (Å²) in [5.74, 6) is 0.930. The number of likely N-dealkylation sites (tertiary alicyclic amines) is 1. The Morgan fingerprint density at radius 1 is 1.38 bits per heavy atom. The number of hydrogen-bond acceptors (Lipinski definition) is 3. The molecule has 0 spiro atoms. The summed E-state index contributed by atoms with van der Waals surface area (Å²) in [6.45, 7) is 2.56. The first-order chi connectivity index (χ1) is 9.78. The van der Waals surface area contributed by atoms with E-state index in [1.807, 2.05) is 0 Å². The van der Waals surface area contributed by atoms with Gasteiger partial charge in [-0.05, 0) is 49.8 Å². The van der Waals surface area contributed by atoms with Crippen molar-refractivity contribution in [3.63, 3.8) is 0 Å². The molecule has 3 nitrogen and oxygen atoms in total. The fourth-order valence-electron chi connectivity index (χ4n) is 3.26. The molecule has 1 saturated heterocycles. The zero-order valence-electron chi connectivity index (χ0n) is 12.2. The molecular formula is C16H23ClN2OS. The van der Waals surface area contributed by atoms with Crippen LogP contribution in [0.2, 0.25) is 0 Å². The van der Waals surface area contributed by atoms with Crippen LogP contribution in [-0.2, 0) is 11.2 Å². The van der Waals surface area contributed by atoms with Gasteiger partial charge >= 0.3 is 0 Å². The number of nitrogens with zero attached hydrogens (tertiary/aromatic N) is 1. The maximum absolute atomic E-state index is 12.7. The number of hydrogen-bond donors (Lipinski definition) is 1. The second-order valence-electron chi connectivity index (χ2n) is 5.79. The van der Waals surface area contributed by atoms with Gasteiger partial charge in [0, 0.05) is 18.0 Å². The van der Waals surface area contributed by atoms with Gasteiger partial charge < -0.3 is 10.6 Å². The highest BCUT2D eigenvalue weighted by Gasteiger charge is 2.33. The zero-order valence-corrected chi connectivity index (χ0v) is 13.8. The van der Waals surface area contributed by atoms with Crippen molar-refractivity contribution >= 4 is 30.1 Å². The molecule has 2 unspecified atom stereocenters. The van der Waals surface area contributed by atoms with Gasteiger partial charge in [-0.2, -0.15) is 0 Å². The second-order valence-corrected chi connectivity index (χ2v) is 7.03. The van der Waals surface area contributed by atoms with E-state index in [4.69, 9.17) is 5.73 Å². The van der Waals surface area contributed by atoms with Crippen LogP contribution in [0.3, 0.4) is 0 Å². The van der Waals surface area contributed by atoms with Gasteiger partial charge in [0.2, 0.25) is 5.91 Å². The molecule has 2 atom stereocenters. The Labute approximate surface area is 137 Å². The number of fused-ring (bicyclic) bond motifs is 1. The molecule has 0 aromatic heterocycles. The summed E-state index contributed by atoms with van der Waals surface area (Å²) < 4.78 is 0. The molecule has 2 aliphatic heterocycles. The fraction of sp³-hybridized carbons (Fsp3) is 0.562. The Kier molecular flexibility index (Phi) is 5.97. The molecule has 1 amide bonds. The normalized spacial score (nSPS) is 24.3. The van der Waals surface area contributed by atoms with Gasteiger partial charge in [-0.25, -0.2) is 0 Å². The van der Waals surface area contributed by atoms with Gasteiger partial charge in [0.25, 0.3) is 0 Å². The van der Waals surface area contributed by atoms with Crippen molar-refractivity contribution < 1.29 is 4.79 Å². The van der Waals surface area contributed by atoms with Crippen LogP contribution in [0.25, 0.3) is 0 Å². The Hall–Kier alpha value is -0.710. The number of nitrogens with two attached hydrogens (primary N) is 1. The van der Waals surface area contributed by atoms with Crippen LogP contribution in [0.4, 0.5) is 0 Å². The summed E-state index contributed by atoms with van der Waals surface area (Å²) in [6, 6.07) is 8.38. The number of thioether (sulfide) groups is 1. The lowest BCUT2D eigenvalue weighted by atomic mass is 9.94. The summed E-state index contributed by atoms with van der Waals surface area (Å²) in [6.07, 6.45) is 4.28. The third-order valence-corrected chi connectivity index (χ3v) is 5.63. The van der Waals surface area contributed by atoms with Crippen molar-refractivity contribution in [2.24, 2.45) is 11.7 Å². The molecule has 116 valence electrons. The van der Waals surface area contributed by atoms with Crippen molar-refractivity contribution in [3.8, 4) is 0 Å². The number of carbonyl (C=O) groups excluding carboxylic acids is 1. The highest BCUT2D eigenvalue weighted by atomic mass is 35.5. The van der Waals surface area contributed by atoms with E-state index in [0.717, 1.165) is 38.9 Å². The zero-order chi connectivity index (χ0) is 13.9. The first-order valence-electron chi connectivity index (χ1n) is 7.51. The van der Waals surface area contributed by atoms with Gasteiger partial charge in [0.1, 0.15) is 0 Å². The van der Waals surface area contributed by atoms with E-state index in [9.17, 15) is 4.79 Å². The molecule has 1 aromatic carbocycles. The maximum Gasteiger partial charge on any atom is 0.236 e. The summed E-state index contributed by atoms with van der Waals surface area (Å²) in [7, 11) is 0. The summed E-state index contributed by atoms with van der Waals surface area (Å²) >= 11 is 1.74. The topological polar surface area (TPSA) is 46.3 Å². The number of amides is 1. The fourth-order valence-corrected chi connectivity index (χ4v) is 4.54. The molecule has 2 aliphatic rings. The van der Waals surface area contributed by atoms with Crippen molar-refractivity contribution in [1.82, 2.24) is 4.90 Å². The highest BCUT2D eigenvalue weighted by Crippen LogP contribution is 2.38. The lowest BCUT2D eigenvalue weighted by molar-refractivity contribution is -0.132. The van der Waals surface area contributed by atoms with E-state index in [1.54, 1.807) is 11.8 Å². The second kappa shape index (κ2) is 7.52. The quantitative estimate of drug-likeness (QED) is 0.929. The van der Waals surface area contributed by atoms with Crippen LogP contribution in [0.15, 0.2) is 29.2 Å². The van der Waals surface area contributed by atoms with Gasteiger partial charge in [-0.3, -0.25) is 4.79 Å². The van der Waals surface area contributed by atoms with Crippen LogP contribution in [0, 0.1) is 5.92 Å². The minimum atomic E-state index is 0. The molecule has 3 rings (SSSR count). The lowest BCUT2D eigenvalue weighted by Gasteiger charge is -2.34. The molecule has 1 fully saturated rings. The van der Waals surface area contributed by atoms with Crippen molar-refractivity contribution in [2.75, 3.05) is 19.6 Å². The van der Waals surface area contributed by atoms with E-state index in [-0.39, 0.29) is 17.7 Å². The molecule has 2 N–H and O–H groups in total. The Bertz CT molecular complexity index is 470. The average molecular weight is 327 g/mol. The predicted molar refractivity (Wildman–Crippen MR) is 90.0 cm³/mol. The van der Waals surface area contributed by atoms with Gasteiger partial charge in [-0.15, -0.1) is 24.2 Å². The SMILES string of the molecule is Cl.NCCC1CCCN(C(=O)C2Cc3ccccc3S2)C1. The molecule has 0 saturated carbocycles.